The number of thioether (sulfide) groups is 1. The third-order valence-electron chi connectivity index (χ3n) is 3.81. The molecular weight excluding hydrogens is 303 g/mol. The number of carbonyl (C=O) groups is 1. The molecule has 2 amide bonds. The van der Waals surface area contributed by atoms with Gasteiger partial charge >= 0.3 is 6.03 Å². The fourth-order valence-electron chi connectivity index (χ4n) is 2.39. The molecule has 2 atom stereocenters. The topological polar surface area (TPSA) is 61.4 Å². The summed E-state index contributed by atoms with van der Waals surface area (Å²) >= 11 is 1.68. The van der Waals surface area contributed by atoms with Crippen molar-refractivity contribution < 1.29 is 14.3 Å². The van der Waals surface area contributed by atoms with E-state index in [4.69, 9.17) is 0 Å². The lowest BCUT2D eigenvalue weighted by molar-refractivity contribution is 0.116. The molecule has 1 heterocycles. The summed E-state index contributed by atoms with van der Waals surface area (Å²) in [6.45, 7) is 4.30. The molecule has 0 bridgehead atoms. The smallest absolute Gasteiger partial charge is 0.315 e. The third-order valence-corrected chi connectivity index (χ3v) is 4.93. The first-order valence-corrected chi connectivity index (χ1v) is 8.60. The minimum atomic E-state index is -0.416. The van der Waals surface area contributed by atoms with Crippen molar-refractivity contribution in [2.45, 2.75) is 43.7 Å². The number of benzene rings is 1. The summed E-state index contributed by atoms with van der Waals surface area (Å²) in [5.74, 6) is 0.791. The van der Waals surface area contributed by atoms with E-state index in [0.29, 0.717) is 13.0 Å². The van der Waals surface area contributed by atoms with Crippen LogP contribution in [0.1, 0.15) is 38.3 Å². The van der Waals surface area contributed by atoms with E-state index in [0.717, 1.165) is 22.6 Å². The van der Waals surface area contributed by atoms with Crippen molar-refractivity contribution in [1.82, 2.24) is 10.6 Å². The van der Waals surface area contributed by atoms with Crippen molar-refractivity contribution in [2.75, 3.05) is 12.3 Å². The number of nitrogens with one attached hydrogen (secondary N) is 2. The number of hydrogen-bond donors (Lipinski definition) is 3. The van der Waals surface area contributed by atoms with Gasteiger partial charge in [-0.25, -0.2) is 9.18 Å². The van der Waals surface area contributed by atoms with E-state index in [-0.39, 0.29) is 23.8 Å². The zero-order valence-corrected chi connectivity index (χ0v) is 13.8. The van der Waals surface area contributed by atoms with Crippen LogP contribution in [0.2, 0.25) is 0 Å². The number of aliphatic hydroxyl groups excluding tert-OH is 1. The van der Waals surface area contributed by atoms with Crippen LogP contribution in [0.25, 0.3) is 0 Å². The van der Waals surface area contributed by atoms with E-state index in [1.165, 1.54) is 12.1 Å². The molecule has 1 aromatic carbocycles. The molecule has 1 aliphatic rings. The maximum absolute atomic E-state index is 13.4. The lowest BCUT2D eigenvalue weighted by Crippen LogP contribution is -2.40. The largest absolute Gasteiger partial charge is 0.393 e. The summed E-state index contributed by atoms with van der Waals surface area (Å²) < 4.78 is 13.4. The van der Waals surface area contributed by atoms with E-state index < -0.39 is 6.10 Å². The Morgan fingerprint density at radius 1 is 1.50 bits per heavy atom. The second-order valence-corrected chi connectivity index (χ2v) is 7.01. The second-order valence-electron chi connectivity index (χ2n) is 5.87. The molecule has 22 heavy (non-hydrogen) atoms. The molecule has 2 unspecified atom stereocenters. The quantitative estimate of drug-likeness (QED) is 0.779. The molecule has 0 saturated heterocycles. The second kappa shape index (κ2) is 7.83. The van der Waals surface area contributed by atoms with E-state index in [1.54, 1.807) is 17.8 Å². The van der Waals surface area contributed by atoms with Crippen LogP contribution in [-0.2, 0) is 0 Å². The lowest BCUT2D eigenvalue weighted by Gasteiger charge is -2.26. The van der Waals surface area contributed by atoms with E-state index in [9.17, 15) is 14.3 Å². The van der Waals surface area contributed by atoms with Crippen molar-refractivity contribution >= 4 is 17.8 Å². The minimum absolute atomic E-state index is 0.165. The molecule has 122 valence electrons. The van der Waals surface area contributed by atoms with Gasteiger partial charge in [-0.1, -0.05) is 13.8 Å². The molecule has 0 saturated carbocycles. The predicted octanol–water partition coefficient (Wildman–Crippen LogP) is 3.07. The van der Waals surface area contributed by atoms with Crippen LogP contribution in [0, 0.1) is 11.7 Å². The first kappa shape index (κ1) is 17.1. The van der Waals surface area contributed by atoms with Crippen LogP contribution >= 0.6 is 11.8 Å². The van der Waals surface area contributed by atoms with E-state index in [1.807, 2.05) is 13.8 Å². The van der Waals surface area contributed by atoms with Gasteiger partial charge in [0.1, 0.15) is 5.82 Å². The van der Waals surface area contributed by atoms with Crippen LogP contribution in [0.3, 0.4) is 0 Å². The number of urea groups is 1. The number of fused-ring (bicyclic) bond motifs is 1. The van der Waals surface area contributed by atoms with Crippen LogP contribution < -0.4 is 10.6 Å². The Labute approximate surface area is 134 Å². The summed E-state index contributed by atoms with van der Waals surface area (Å²) in [6.07, 6.45) is 0.890. The highest BCUT2D eigenvalue weighted by Gasteiger charge is 2.22. The van der Waals surface area contributed by atoms with Crippen molar-refractivity contribution in [2.24, 2.45) is 5.92 Å². The summed E-state index contributed by atoms with van der Waals surface area (Å²) in [4.78, 5) is 13.0. The number of carbonyl (C=O) groups excluding carboxylic acids is 1. The minimum Gasteiger partial charge on any atom is -0.393 e. The molecule has 0 spiro atoms. The van der Waals surface area contributed by atoms with Gasteiger partial charge in [0, 0.05) is 17.2 Å². The average molecular weight is 326 g/mol. The number of aliphatic hydroxyl groups is 1. The van der Waals surface area contributed by atoms with Crippen LogP contribution in [0.4, 0.5) is 9.18 Å². The van der Waals surface area contributed by atoms with Gasteiger partial charge in [0.05, 0.1) is 12.1 Å². The van der Waals surface area contributed by atoms with Crippen LogP contribution in [0.5, 0.6) is 0 Å². The molecule has 3 N–H and O–H groups in total. The normalized spacial score (nSPS) is 18.7. The Bertz CT molecular complexity index is 525. The highest BCUT2D eigenvalue weighted by atomic mass is 32.2. The average Bonchev–Trinajstić information content (AvgIpc) is 2.47. The Morgan fingerprint density at radius 2 is 2.27 bits per heavy atom. The molecule has 4 nitrogen and oxygen atoms in total. The number of hydrogen-bond acceptors (Lipinski definition) is 3. The number of halogens is 1. The standard InChI is InChI=1S/C16H23FN2O2S/c1-10(2)14(20)5-7-18-16(21)19-13-6-8-22-15-4-3-11(17)9-12(13)15/h3-4,9-10,13-14,20H,5-8H2,1-2H3,(H2,18,19,21). The van der Waals surface area contributed by atoms with Gasteiger partial charge in [-0.2, -0.15) is 0 Å². The molecule has 1 aliphatic heterocycles. The molecule has 6 heteroatoms. The van der Waals surface area contributed by atoms with Gasteiger partial charge in [0.25, 0.3) is 0 Å². The van der Waals surface area contributed by atoms with Crippen molar-refractivity contribution in [1.29, 1.82) is 0 Å². The van der Waals surface area contributed by atoms with Gasteiger partial charge in [0.2, 0.25) is 0 Å². The zero-order chi connectivity index (χ0) is 16.1. The van der Waals surface area contributed by atoms with Crippen molar-refractivity contribution in [3.63, 3.8) is 0 Å². The molecule has 2 rings (SSSR count). The van der Waals surface area contributed by atoms with Crippen LogP contribution in [-0.4, -0.2) is 29.5 Å². The van der Waals surface area contributed by atoms with E-state index >= 15 is 0 Å². The lowest BCUT2D eigenvalue weighted by atomic mass is 10.0. The van der Waals surface area contributed by atoms with Gasteiger partial charge in [-0.05, 0) is 42.5 Å². The van der Waals surface area contributed by atoms with Crippen molar-refractivity contribution in [3.8, 4) is 0 Å². The fourth-order valence-corrected chi connectivity index (χ4v) is 3.50. The monoisotopic (exact) mass is 326 g/mol. The Kier molecular flexibility index (Phi) is 6.08. The first-order valence-electron chi connectivity index (χ1n) is 7.62. The highest BCUT2D eigenvalue weighted by molar-refractivity contribution is 7.99. The third kappa shape index (κ3) is 4.61. The Hall–Kier alpha value is -1.27. The molecule has 1 aromatic rings. The Morgan fingerprint density at radius 3 is 3.00 bits per heavy atom. The maximum Gasteiger partial charge on any atom is 0.315 e. The van der Waals surface area contributed by atoms with Gasteiger partial charge in [-0.15, -0.1) is 11.8 Å². The molecule has 0 aliphatic carbocycles. The van der Waals surface area contributed by atoms with Gasteiger partial charge < -0.3 is 15.7 Å². The summed E-state index contributed by atoms with van der Waals surface area (Å²) in [7, 11) is 0. The maximum atomic E-state index is 13.4. The fraction of sp³-hybridized carbons (Fsp3) is 0.562. The van der Waals surface area contributed by atoms with Crippen molar-refractivity contribution in [3.05, 3.63) is 29.6 Å². The van der Waals surface area contributed by atoms with Crippen LogP contribution in [0.15, 0.2) is 23.1 Å². The molecule has 0 radical (unpaired) electrons. The summed E-state index contributed by atoms with van der Waals surface area (Å²) in [6, 6.07) is 4.27. The molecule has 0 fully saturated rings. The SMILES string of the molecule is CC(C)C(O)CCNC(=O)NC1CCSc2ccc(F)cc21. The summed E-state index contributed by atoms with van der Waals surface area (Å²) in [5.41, 5.74) is 0.841. The number of rotatable bonds is 5. The first-order chi connectivity index (χ1) is 10.5. The van der Waals surface area contributed by atoms with Gasteiger partial charge in [-0.3, -0.25) is 0 Å². The Balaban J connectivity index is 1.87. The van der Waals surface area contributed by atoms with E-state index in [2.05, 4.69) is 10.6 Å². The number of amides is 2. The molecule has 0 aromatic heterocycles. The highest BCUT2D eigenvalue weighted by Crippen LogP contribution is 2.36. The predicted molar refractivity (Wildman–Crippen MR) is 86.5 cm³/mol. The van der Waals surface area contributed by atoms with Gasteiger partial charge in [0.15, 0.2) is 0 Å². The summed E-state index contributed by atoms with van der Waals surface area (Å²) in [5, 5.41) is 15.3. The zero-order valence-electron chi connectivity index (χ0n) is 12.9. The molecular formula is C16H23FN2O2S.